The van der Waals surface area contributed by atoms with E-state index in [2.05, 4.69) is 10.0 Å². The Bertz CT molecular complexity index is 678. The van der Waals surface area contributed by atoms with Gasteiger partial charge in [-0.15, -0.1) is 0 Å². The van der Waals surface area contributed by atoms with Crippen LogP contribution >= 0.6 is 11.6 Å². The van der Waals surface area contributed by atoms with E-state index in [-0.39, 0.29) is 6.04 Å². The van der Waals surface area contributed by atoms with Crippen LogP contribution in [0.5, 0.6) is 5.75 Å². The van der Waals surface area contributed by atoms with Crippen molar-refractivity contribution in [3.63, 3.8) is 0 Å². The minimum atomic E-state index is -3.27. The molecule has 142 valence electrons. The number of benzene rings is 1. The van der Waals surface area contributed by atoms with E-state index in [1.54, 1.807) is 27.9 Å². The van der Waals surface area contributed by atoms with Gasteiger partial charge in [0.2, 0.25) is 10.0 Å². The first kappa shape index (κ1) is 20.3. The third kappa shape index (κ3) is 5.50. The molecule has 2 rings (SSSR count). The van der Waals surface area contributed by atoms with Gasteiger partial charge in [-0.2, -0.15) is 0 Å². The van der Waals surface area contributed by atoms with Gasteiger partial charge in [0.05, 0.1) is 16.9 Å². The highest BCUT2D eigenvalue weighted by molar-refractivity contribution is 7.90. The molecule has 25 heavy (non-hydrogen) atoms. The molecule has 0 amide bonds. The zero-order chi connectivity index (χ0) is 18.7. The van der Waals surface area contributed by atoms with E-state index in [0.717, 1.165) is 37.9 Å². The average molecular weight is 389 g/mol. The van der Waals surface area contributed by atoms with E-state index in [1.165, 1.54) is 0 Å². The molecule has 5 nitrogen and oxygen atoms in total. The lowest BCUT2D eigenvalue weighted by Crippen LogP contribution is -2.46. The van der Waals surface area contributed by atoms with Gasteiger partial charge in [-0.3, -0.25) is 0 Å². The van der Waals surface area contributed by atoms with Crippen LogP contribution in [0.4, 0.5) is 5.69 Å². The molecule has 1 fully saturated rings. The fourth-order valence-corrected chi connectivity index (χ4v) is 4.20. The van der Waals surface area contributed by atoms with Crippen LogP contribution in [0, 0.1) is 5.92 Å². The zero-order valence-electron chi connectivity index (χ0n) is 15.4. The molecule has 1 aliphatic carbocycles. The van der Waals surface area contributed by atoms with Gasteiger partial charge < -0.3 is 10.1 Å². The maximum atomic E-state index is 12.3. The summed E-state index contributed by atoms with van der Waals surface area (Å²) in [5.74, 6) is 1.20. The first-order chi connectivity index (χ1) is 11.6. The van der Waals surface area contributed by atoms with Crippen molar-refractivity contribution in [2.24, 2.45) is 5.92 Å². The molecular formula is C18H29ClN2O3S. The Morgan fingerprint density at radius 3 is 2.36 bits per heavy atom. The Morgan fingerprint density at radius 1 is 1.20 bits per heavy atom. The third-order valence-corrected chi connectivity index (χ3v) is 7.27. The quantitative estimate of drug-likeness (QED) is 0.771. The van der Waals surface area contributed by atoms with E-state index in [9.17, 15) is 8.42 Å². The maximum absolute atomic E-state index is 12.3. The van der Waals surface area contributed by atoms with Crippen molar-refractivity contribution in [3.8, 4) is 5.75 Å². The van der Waals surface area contributed by atoms with Crippen LogP contribution in [0.25, 0.3) is 0 Å². The number of anilines is 1. The average Bonchev–Trinajstić information content (AvgIpc) is 2.53. The molecule has 1 aromatic carbocycles. The summed E-state index contributed by atoms with van der Waals surface area (Å²) in [6.45, 7) is 6.04. The highest BCUT2D eigenvalue weighted by Gasteiger charge is 2.32. The van der Waals surface area contributed by atoms with Crippen LogP contribution in [-0.2, 0) is 10.0 Å². The third-order valence-electron chi connectivity index (χ3n) is 4.72. The van der Waals surface area contributed by atoms with Crippen molar-refractivity contribution >= 4 is 27.3 Å². The van der Waals surface area contributed by atoms with Crippen LogP contribution in [0.15, 0.2) is 18.2 Å². The summed E-state index contributed by atoms with van der Waals surface area (Å²) in [6, 6.07) is 5.72. The molecule has 0 bridgehead atoms. The lowest BCUT2D eigenvalue weighted by Gasteiger charge is -2.31. The molecule has 1 aromatic rings. The molecule has 0 atom stereocenters. The second kappa shape index (κ2) is 8.14. The second-order valence-electron chi connectivity index (χ2n) is 7.68. The van der Waals surface area contributed by atoms with E-state index in [0.29, 0.717) is 16.7 Å². The zero-order valence-corrected chi connectivity index (χ0v) is 17.0. The second-order valence-corrected chi connectivity index (χ2v) is 10.6. The van der Waals surface area contributed by atoms with Gasteiger partial charge in [-0.25, -0.2) is 13.1 Å². The number of nitrogens with one attached hydrogen (secondary N) is 2. The minimum absolute atomic E-state index is 0.0518. The number of hydrogen-bond donors (Lipinski definition) is 2. The molecule has 1 saturated carbocycles. The Balaban J connectivity index is 1.80. The number of hydrogen-bond acceptors (Lipinski definition) is 4. The van der Waals surface area contributed by atoms with Crippen molar-refractivity contribution in [2.75, 3.05) is 19.0 Å². The van der Waals surface area contributed by atoms with Crippen LogP contribution in [0.1, 0.15) is 46.5 Å². The van der Waals surface area contributed by atoms with Crippen molar-refractivity contribution in [3.05, 3.63) is 23.2 Å². The highest BCUT2D eigenvalue weighted by Crippen LogP contribution is 2.29. The van der Waals surface area contributed by atoms with Gasteiger partial charge in [0.15, 0.2) is 0 Å². The number of halogens is 1. The number of ether oxygens (including phenoxy) is 1. The lowest BCUT2D eigenvalue weighted by atomic mass is 9.86. The van der Waals surface area contributed by atoms with Crippen molar-refractivity contribution < 1.29 is 13.2 Å². The predicted octanol–water partition coefficient (Wildman–Crippen LogP) is 4.04. The van der Waals surface area contributed by atoms with Gasteiger partial charge in [-0.1, -0.05) is 11.6 Å². The van der Waals surface area contributed by atoms with Gasteiger partial charge >= 0.3 is 0 Å². The minimum Gasteiger partial charge on any atom is -0.495 e. The number of rotatable bonds is 6. The molecule has 0 spiro atoms. The predicted molar refractivity (Wildman–Crippen MR) is 104 cm³/mol. The summed E-state index contributed by atoms with van der Waals surface area (Å²) in [7, 11) is -1.68. The molecule has 7 heteroatoms. The normalized spacial score (nSPS) is 21.8. The Kier molecular flexibility index (Phi) is 6.62. The molecule has 0 radical (unpaired) electrons. The van der Waals surface area contributed by atoms with Crippen molar-refractivity contribution in [1.82, 2.24) is 4.72 Å². The SMILES string of the molecule is COc1ccc(NC[C@H]2CC[C@H](NS(=O)(=O)C(C)(C)C)CC2)cc1Cl. The van der Waals surface area contributed by atoms with Crippen LogP contribution in [0.2, 0.25) is 5.02 Å². The van der Waals surface area contributed by atoms with E-state index >= 15 is 0 Å². The van der Waals surface area contributed by atoms with Crippen LogP contribution in [0.3, 0.4) is 0 Å². The molecule has 0 saturated heterocycles. The monoisotopic (exact) mass is 388 g/mol. The summed E-state index contributed by atoms with van der Waals surface area (Å²) in [4.78, 5) is 0. The molecule has 0 aromatic heterocycles. The van der Waals surface area contributed by atoms with Gasteiger partial charge in [-0.05, 0) is 70.6 Å². The van der Waals surface area contributed by atoms with Crippen LogP contribution < -0.4 is 14.8 Å². The standard InChI is InChI=1S/C18H29ClN2O3S/c1-18(2,3)25(22,23)21-14-7-5-13(6-8-14)12-20-15-9-10-17(24-4)16(19)11-15/h9-11,13-14,20-21H,5-8,12H2,1-4H3/t13-,14-. The molecule has 0 unspecified atom stereocenters. The molecular weight excluding hydrogens is 360 g/mol. The summed E-state index contributed by atoms with van der Waals surface area (Å²) in [5.41, 5.74) is 0.973. The lowest BCUT2D eigenvalue weighted by molar-refractivity contribution is 0.322. The Hall–Kier alpha value is -0.980. The fourth-order valence-electron chi connectivity index (χ4n) is 2.92. The van der Waals surface area contributed by atoms with Gasteiger partial charge in [0, 0.05) is 18.3 Å². The fraction of sp³-hybridized carbons (Fsp3) is 0.667. The highest BCUT2D eigenvalue weighted by atomic mass is 35.5. The number of methoxy groups -OCH3 is 1. The summed E-state index contributed by atoms with van der Waals surface area (Å²) in [5, 5.41) is 4.01. The number of sulfonamides is 1. The Labute approximate surface area is 156 Å². The molecule has 1 aliphatic rings. The summed E-state index contributed by atoms with van der Waals surface area (Å²) >= 11 is 6.14. The first-order valence-electron chi connectivity index (χ1n) is 8.71. The maximum Gasteiger partial charge on any atom is 0.216 e. The van der Waals surface area contributed by atoms with E-state index < -0.39 is 14.8 Å². The first-order valence-corrected chi connectivity index (χ1v) is 10.6. The topological polar surface area (TPSA) is 67.4 Å². The smallest absolute Gasteiger partial charge is 0.216 e. The van der Waals surface area contributed by atoms with E-state index in [1.807, 2.05) is 18.2 Å². The molecule has 0 heterocycles. The van der Waals surface area contributed by atoms with Crippen LogP contribution in [-0.4, -0.2) is 32.9 Å². The van der Waals surface area contributed by atoms with Gasteiger partial charge in [0.25, 0.3) is 0 Å². The summed E-state index contributed by atoms with van der Waals surface area (Å²) < 4.78 is 31.8. The van der Waals surface area contributed by atoms with Crippen molar-refractivity contribution in [1.29, 1.82) is 0 Å². The molecule has 2 N–H and O–H groups in total. The summed E-state index contributed by atoms with van der Waals surface area (Å²) in [6.07, 6.45) is 3.78. The Morgan fingerprint density at radius 2 is 1.84 bits per heavy atom. The largest absolute Gasteiger partial charge is 0.495 e. The van der Waals surface area contributed by atoms with E-state index in [4.69, 9.17) is 16.3 Å². The molecule has 0 aliphatic heterocycles. The van der Waals surface area contributed by atoms with Gasteiger partial charge in [0.1, 0.15) is 5.75 Å². The van der Waals surface area contributed by atoms with Crippen molar-refractivity contribution in [2.45, 2.75) is 57.2 Å².